The van der Waals surface area contributed by atoms with E-state index in [4.69, 9.17) is 0 Å². The number of nitrogens with one attached hydrogen (secondary N) is 1. The molecule has 0 saturated heterocycles. The highest BCUT2D eigenvalue weighted by molar-refractivity contribution is 4.91. The molecule has 0 bridgehead atoms. The van der Waals surface area contributed by atoms with Crippen LogP contribution in [0.5, 0.6) is 0 Å². The minimum absolute atomic E-state index is 0.578. The van der Waals surface area contributed by atoms with Crippen LogP contribution in [0.4, 0.5) is 0 Å². The normalized spacial score (nSPS) is 29.8. The van der Waals surface area contributed by atoms with Gasteiger partial charge in [0.2, 0.25) is 0 Å². The van der Waals surface area contributed by atoms with Crippen molar-refractivity contribution in [1.29, 1.82) is 0 Å². The van der Waals surface area contributed by atoms with E-state index in [0.717, 1.165) is 18.3 Å². The van der Waals surface area contributed by atoms with Crippen LogP contribution in [-0.4, -0.2) is 26.2 Å². The van der Waals surface area contributed by atoms with Crippen LogP contribution in [0.3, 0.4) is 0 Å². The van der Waals surface area contributed by atoms with E-state index in [-0.39, 0.29) is 0 Å². The SMILES string of the molecule is CC1CCC(NCc2nnnn2C2CC2)C1. The second-order valence-corrected chi connectivity index (χ2v) is 5.27. The first-order valence-electron chi connectivity index (χ1n) is 6.33. The molecule has 88 valence electrons. The lowest BCUT2D eigenvalue weighted by molar-refractivity contribution is 0.476. The van der Waals surface area contributed by atoms with E-state index in [9.17, 15) is 0 Å². The molecule has 0 spiro atoms. The van der Waals surface area contributed by atoms with Crippen LogP contribution in [-0.2, 0) is 6.54 Å². The van der Waals surface area contributed by atoms with Crippen molar-refractivity contribution in [2.75, 3.05) is 0 Å². The highest BCUT2D eigenvalue weighted by Gasteiger charge is 2.28. The van der Waals surface area contributed by atoms with Crippen LogP contribution in [0.15, 0.2) is 0 Å². The van der Waals surface area contributed by atoms with Gasteiger partial charge < -0.3 is 5.32 Å². The van der Waals surface area contributed by atoms with Crippen molar-refractivity contribution >= 4 is 0 Å². The molecule has 2 fully saturated rings. The quantitative estimate of drug-likeness (QED) is 0.832. The first-order valence-corrected chi connectivity index (χ1v) is 6.33. The van der Waals surface area contributed by atoms with Gasteiger partial charge in [0.1, 0.15) is 0 Å². The largest absolute Gasteiger partial charge is 0.307 e. The topological polar surface area (TPSA) is 55.6 Å². The maximum atomic E-state index is 4.10. The molecule has 0 aromatic carbocycles. The Labute approximate surface area is 95.6 Å². The first kappa shape index (κ1) is 10.2. The first-order chi connectivity index (χ1) is 7.83. The standard InChI is InChI=1S/C11H19N5/c1-8-2-3-9(6-8)12-7-11-13-14-15-16(11)10-4-5-10/h8-10,12H,2-7H2,1H3. The van der Waals surface area contributed by atoms with Gasteiger partial charge in [-0.15, -0.1) is 5.10 Å². The average Bonchev–Trinajstić information content (AvgIpc) is 2.86. The van der Waals surface area contributed by atoms with Crippen molar-refractivity contribution in [3.63, 3.8) is 0 Å². The van der Waals surface area contributed by atoms with E-state index < -0.39 is 0 Å². The highest BCUT2D eigenvalue weighted by Crippen LogP contribution is 2.34. The van der Waals surface area contributed by atoms with Crippen molar-refractivity contribution in [3.8, 4) is 0 Å². The Morgan fingerprint density at radius 3 is 2.88 bits per heavy atom. The summed E-state index contributed by atoms with van der Waals surface area (Å²) in [6.45, 7) is 3.15. The van der Waals surface area contributed by atoms with Crippen LogP contribution >= 0.6 is 0 Å². The molecule has 5 heteroatoms. The fourth-order valence-electron chi connectivity index (χ4n) is 2.56. The summed E-state index contributed by atoms with van der Waals surface area (Å²) in [5.41, 5.74) is 0. The predicted octanol–water partition coefficient (Wildman–Crippen LogP) is 1.29. The number of aromatic nitrogens is 4. The van der Waals surface area contributed by atoms with Gasteiger partial charge in [-0.05, 0) is 48.4 Å². The minimum Gasteiger partial charge on any atom is -0.307 e. The van der Waals surface area contributed by atoms with E-state index in [2.05, 4.69) is 27.8 Å². The molecule has 16 heavy (non-hydrogen) atoms. The zero-order valence-corrected chi connectivity index (χ0v) is 9.76. The lowest BCUT2D eigenvalue weighted by Gasteiger charge is -2.11. The highest BCUT2D eigenvalue weighted by atomic mass is 15.6. The number of nitrogens with zero attached hydrogens (tertiary/aromatic N) is 4. The van der Waals surface area contributed by atoms with Crippen molar-refractivity contribution < 1.29 is 0 Å². The van der Waals surface area contributed by atoms with Crippen LogP contribution < -0.4 is 5.32 Å². The molecular weight excluding hydrogens is 202 g/mol. The Bertz CT molecular complexity index is 357. The van der Waals surface area contributed by atoms with Gasteiger partial charge in [0.15, 0.2) is 5.82 Å². The third-order valence-electron chi connectivity index (χ3n) is 3.70. The molecule has 2 saturated carbocycles. The molecule has 2 aliphatic carbocycles. The second kappa shape index (κ2) is 4.13. The summed E-state index contributed by atoms with van der Waals surface area (Å²) in [6.07, 6.45) is 6.42. The van der Waals surface area contributed by atoms with Crippen LogP contribution in [0.25, 0.3) is 0 Å². The number of hydrogen-bond donors (Lipinski definition) is 1. The molecule has 1 heterocycles. The molecule has 2 aliphatic rings. The maximum absolute atomic E-state index is 4.10. The molecule has 1 N–H and O–H groups in total. The summed E-state index contributed by atoms with van der Waals surface area (Å²) in [5.74, 6) is 1.87. The zero-order valence-electron chi connectivity index (χ0n) is 9.76. The molecule has 3 rings (SSSR count). The zero-order chi connectivity index (χ0) is 11.0. The molecule has 0 radical (unpaired) electrons. The van der Waals surface area contributed by atoms with E-state index in [1.807, 2.05) is 4.68 Å². The third-order valence-corrected chi connectivity index (χ3v) is 3.70. The van der Waals surface area contributed by atoms with Gasteiger partial charge in [0.05, 0.1) is 12.6 Å². The van der Waals surface area contributed by atoms with Gasteiger partial charge in [-0.25, -0.2) is 4.68 Å². The predicted molar refractivity (Wildman–Crippen MR) is 59.7 cm³/mol. The second-order valence-electron chi connectivity index (χ2n) is 5.27. The van der Waals surface area contributed by atoms with Crippen molar-refractivity contribution in [2.24, 2.45) is 5.92 Å². The van der Waals surface area contributed by atoms with Gasteiger partial charge in [0.25, 0.3) is 0 Å². The Kier molecular flexibility index (Phi) is 2.63. The van der Waals surface area contributed by atoms with E-state index in [1.165, 1.54) is 32.1 Å². The van der Waals surface area contributed by atoms with Gasteiger partial charge in [0, 0.05) is 6.04 Å². The smallest absolute Gasteiger partial charge is 0.165 e. The van der Waals surface area contributed by atoms with Crippen LogP contribution in [0, 0.1) is 5.92 Å². The number of rotatable bonds is 4. The van der Waals surface area contributed by atoms with E-state index in [0.29, 0.717) is 12.1 Å². The summed E-state index contributed by atoms with van der Waals surface area (Å²) >= 11 is 0. The lowest BCUT2D eigenvalue weighted by Crippen LogP contribution is -2.27. The Balaban J connectivity index is 1.55. The summed E-state index contributed by atoms with van der Waals surface area (Å²) in [4.78, 5) is 0. The molecule has 0 amide bonds. The van der Waals surface area contributed by atoms with Gasteiger partial charge in [-0.1, -0.05) is 6.92 Å². The summed E-state index contributed by atoms with van der Waals surface area (Å²) in [7, 11) is 0. The lowest BCUT2D eigenvalue weighted by atomic mass is 10.1. The van der Waals surface area contributed by atoms with Crippen LogP contribution in [0.1, 0.15) is 50.9 Å². The van der Waals surface area contributed by atoms with E-state index in [1.54, 1.807) is 0 Å². The number of hydrogen-bond acceptors (Lipinski definition) is 4. The average molecular weight is 221 g/mol. The minimum atomic E-state index is 0.578. The van der Waals surface area contributed by atoms with Gasteiger partial charge in [-0.3, -0.25) is 0 Å². The fraction of sp³-hybridized carbons (Fsp3) is 0.909. The summed E-state index contributed by atoms with van der Waals surface area (Å²) in [6, 6.07) is 1.24. The molecule has 2 unspecified atom stereocenters. The van der Waals surface area contributed by atoms with Gasteiger partial charge >= 0.3 is 0 Å². The third kappa shape index (κ3) is 2.09. The maximum Gasteiger partial charge on any atom is 0.165 e. The van der Waals surface area contributed by atoms with Crippen molar-refractivity contribution in [3.05, 3.63) is 5.82 Å². The Hall–Kier alpha value is -0.970. The molecule has 2 atom stereocenters. The fourth-order valence-corrected chi connectivity index (χ4v) is 2.56. The molecule has 1 aromatic rings. The molecule has 1 aromatic heterocycles. The molecule has 0 aliphatic heterocycles. The number of tetrazole rings is 1. The molecule has 5 nitrogen and oxygen atoms in total. The monoisotopic (exact) mass is 221 g/mol. The Morgan fingerprint density at radius 2 is 2.19 bits per heavy atom. The van der Waals surface area contributed by atoms with Crippen molar-refractivity contribution in [1.82, 2.24) is 25.5 Å². The summed E-state index contributed by atoms with van der Waals surface area (Å²) in [5, 5.41) is 15.5. The summed E-state index contributed by atoms with van der Waals surface area (Å²) < 4.78 is 1.99. The van der Waals surface area contributed by atoms with Crippen LogP contribution in [0.2, 0.25) is 0 Å². The van der Waals surface area contributed by atoms with E-state index >= 15 is 0 Å². The molecular formula is C11H19N5. The Morgan fingerprint density at radius 1 is 1.31 bits per heavy atom. The van der Waals surface area contributed by atoms with Gasteiger partial charge in [-0.2, -0.15) is 0 Å². The van der Waals surface area contributed by atoms with Crippen molar-refractivity contribution in [2.45, 2.75) is 57.7 Å².